The van der Waals surface area contributed by atoms with Gasteiger partial charge in [0.1, 0.15) is 23.1 Å². The molecule has 0 atom stereocenters. The second kappa shape index (κ2) is 14.0. The van der Waals surface area contributed by atoms with Crippen LogP contribution in [-0.2, 0) is 27.5 Å². The largest absolute Gasteiger partial charge is 0.491 e. The molecular formula is C22H24ClF3N4O7S. The highest BCUT2D eigenvalue weighted by atomic mass is 35.5. The molecule has 0 spiro atoms. The first-order valence-corrected chi connectivity index (χ1v) is 12.7. The molecule has 0 aliphatic heterocycles. The van der Waals surface area contributed by atoms with Crippen molar-refractivity contribution in [2.24, 2.45) is 0 Å². The summed E-state index contributed by atoms with van der Waals surface area (Å²) in [5.74, 6) is 0.123. The maximum atomic E-state index is 12.9. The van der Waals surface area contributed by atoms with Gasteiger partial charge in [0.05, 0.1) is 18.2 Å². The summed E-state index contributed by atoms with van der Waals surface area (Å²) < 4.78 is 81.8. The SMILES string of the molecule is COCCOc1ccc(CCCN(C(=O)O)S(=O)(=O)NCCC#N)c(Oc2ncc(C(F)(F)F)cc2Cl)c1. The van der Waals surface area contributed by atoms with Crippen LogP contribution < -0.4 is 14.2 Å². The van der Waals surface area contributed by atoms with Gasteiger partial charge in [-0.1, -0.05) is 17.7 Å². The van der Waals surface area contributed by atoms with E-state index >= 15 is 0 Å². The standard InChI is InChI=1S/C22H24ClF3N4O7S/c1-35-10-11-36-17-6-5-15(4-2-9-30(21(31)32)38(33,34)29-8-3-7-27)19(13-17)37-20-18(23)12-16(14-28-20)22(24,25)26/h5-6,12-14,29H,2-4,8-11H2,1H3,(H,31,32). The first kappa shape index (κ1) is 30.9. The van der Waals surface area contributed by atoms with Crippen LogP contribution in [0.4, 0.5) is 18.0 Å². The molecule has 1 aromatic carbocycles. The van der Waals surface area contributed by atoms with E-state index in [1.54, 1.807) is 18.2 Å². The van der Waals surface area contributed by atoms with E-state index in [2.05, 4.69) is 4.98 Å². The Labute approximate surface area is 221 Å². The Kier molecular flexibility index (Phi) is 11.4. The monoisotopic (exact) mass is 580 g/mol. The number of hydrogen-bond donors (Lipinski definition) is 2. The minimum absolute atomic E-state index is 0.0138. The van der Waals surface area contributed by atoms with Crippen LogP contribution in [0.5, 0.6) is 17.4 Å². The van der Waals surface area contributed by atoms with Crippen molar-refractivity contribution in [1.82, 2.24) is 14.0 Å². The lowest BCUT2D eigenvalue weighted by Crippen LogP contribution is -2.44. The number of halogens is 4. The van der Waals surface area contributed by atoms with Crippen LogP contribution in [0.1, 0.15) is 24.0 Å². The van der Waals surface area contributed by atoms with Gasteiger partial charge in [-0.05, 0) is 30.5 Å². The molecule has 1 heterocycles. The molecule has 11 nitrogen and oxygen atoms in total. The summed E-state index contributed by atoms with van der Waals surface area (Å²) in [6.07, 6.45) is -5.84. The van der Waals surface area contributed by atoms with Crippen LogP contribution in [0, 0.1) is 11.3 Å². The Hall–Kier alpha value is -3.32. The van der Waals surface area contributed by atoms with Gasteiger partial charge in [0.25, 0.3) is 0 Å². The number of benzene rings is 1. The first-order valence-electron chi connectivity index (χ1n) is 10.9. The predicted octanol–water partition coefficient (Wildman–Crippen LogP) is 4.23. The molecular weight excluding hydrogens is 557 g/mol. The molecule has 0 saturated heterocycles. The zero-order valence-electron chi connectivity index (χ0n) is 20.0. The summed E-state index contributed by atoms with van der Waals surface area (Å²) in [6, 6.07) is 6.99. The number of amides is 1. The van der Waals surface area contributed by atoms with Gasteiger partial charge in [-0.2, -0.15) is 35.9 Å². The smallest absolute Gasteiger partial charge is 0.422 e. The quantitative estimate of drug-likeness (QED) is 0.313. The average Bonchev–Trinajstić information content (AvgIpc) is 2.83. The van der Waals surface area contributed by atoms with Crippen molar-refractivity contribution >= 4 is 27.9 Å². The van der Waals surface area contributed by atoms with Gasteiger partial charge in [-0.3, -0.25) is 0 Å². The fraction of sp³-hybridized carbons (Fsp3) is 0.409. The highest BCUT2D eigenvalue weighted by Gasteiger charge is 2.32. The Morgan fingerprint density at radius 2 is 2.03 bits per heavy atom. The Morgan fingerprint density at radius 1 is 1.29 bits per heavy atom. The van der Waals surface area contributed by atoms with Gasteiger partial charge in [0.15, 0.2) is 0 Å². The molecule has 38 heavy (non-hydrogen) atoms. The maximum absolute atomic E-state index is 12.9. The number of alkyl halides is 3. The summed E-state index contributed by atoms with van der Waals surface area (Å²) >= 11 is 5.96. The second-order valence-electron chi connectivity index (χ2n) is 7.49. The molecule has 0 radical (unpaired) electrons. The lowest BCUT2D eigenvalue weighted by molar-refractivity contribution is -0.137. The summed E-state index contributed by atoms with van der Waals surface area (Å²) in [7, 11) is -2.91. The number of rotatable bonds is 14. The number of carbonyl (C=O) groups is 1. The summed E-state index contributed by atoms with van der Waals surface area (Å²) in [4.78, 5) is 15.2. The van der Waals surface area contributed by atoms with E-state index in [4.69, 9.17) is 31.1 Å². The number of nitriles is 1. The Bertz CT molecular complexity index is 1260. The van der Waals surface area contributed by atoms with E-state index in [9.17, 15) is 31.5 Å². The first-order chi connectivity index (χ1) is 17.9. The minimum atomic E-state index is -4.66. The summed E-state index contributed by atoms with van der Waals surface area (Å²) in [5, 5.41) is 17.5. The van der Waals surface area contributed by atoms with E-state index in [0.717, 1.165) is 0 Å². The molecule has 0 saturated carbocycles. The number of aryl methyl sites for hydroxylation is 1. The number of ether oxygens (including phenoxy) is 3. The topological polar surface area (TPSA) is 151 Å². The van der Waals surface area contributed by atoms with Gasteiger partial charge < -0.3 is 19.3 Å². The lowest BCUT2D eigenvalue weighted by atomic mass is 10.1. The van der Waals surface area contributed by atoms with Crippen LogP contribution >= 0.6 is 11.6 Å². The lowest BCUT2D eigenvalue weighted by Gasteiger charge is -2.20. The summed E-state index contributed by atoms with van der Waals surface area (Å²) in [5.41, 5.74) is -0.618. The summed E-state index contributed by atoms with van der Waals surface area (Å²) in [6.45, 7) is -0.209. The molecule has 0 aliphatic carbocycles. The number of hydrogen-bond acceptors (Lipinski definition) is 8. The third kappa shape index (κ3) is 9.21. The van der Waals surface area contributed by atoms with Crippen LogP contribution in [0.2, 0.25) is 5.02 Å². The van der Waals surface area contributed by atoms with Crippen molar-refractivity contribution < 1.29 is 45.7 Å². The molecule has 208 valence electrons. The van der Waals surface area contributed by atoms with Gasteiger partial charge in [-0.15, -0.1) is 0 Å². The van der Waals surface area contributed by atoms with Crippen LogP contribution in [0.15, 0.2) is 30.5 Å². The fourth-order valence-electron chi connectivity index (χ4n) is 2.97. The molecule has 1 aromatic heterocycles. The maximum Gasteiger partial charge on any atom is 0.422 e. The van der Waals surface area contributed by atoms with E-state index in [1.807, 2.05) is 4.72 Å². The van der Waals surface area contributed by atoms with Crippen molar-refractivity contribution in [3.63, 3.8) is 0 Å². The minimum Gasteiger partial charge on any atom is -0.491 e. The Balaban J connectivity index is 2.25. The number of carboxylic acid groups (broad SMARTS) is 1. The molecule has 0 unspecified atom stereocenters. The van der Waals surface area contributed by atoms with Gasteiger partial charge in [-0.25, -0.2) is 9.78 Å². The zero-order valence-corrected chi connectivity index (χ0v) is 21.6. The highest BCUT2D eigenvalue weighted by Crippen LogP contribution is 2.36. The molecule has 16 heteroatoms. The molecule has 1 amide bonds. The number of nitrogens with one attached hydrogen (secondary N) is 1. The third-order valence-corrected chi connectivity index (χ3v) is 6.53. The molecule has 2 N–H and O–H groups in total. The van der Waals surface area contributed by atoms with Gasteiger partial charge >= 0.3 is 22.5 Å². The van der Waals surface area contributed by atoms with E-state index in [0.29, 0.717) is 23.6 Å². The van der Waals surface area contributed by atoms with Crippen LogP contribution in [0.25, 0.3) is 0 Å². The number of pyridine rings is 1. The number of methoxy groups -OCH3 is 1. The predicted molar refractivity (Wildman–Crippen MR) is 128 cm³/mol. The zero-order chi connectivity index (χ0) is 28.3. The third-order valence-electron chi connectivity index (χ3n) is 4.77. The van der Waals surface area contributed by atoms with Crippen LogP contribution in [0.3, 0.4) is 0 Å². The molecule has 0 bridgehead atoms. The van der Waals surface area contributed by atoms with E-state index in [1.165, 1.54) is 13.2 Å². The molecule has 2 aromatic rings. The number of nitrogens with zero attached hydrogens (tertiary/aromatic N) is 3. The van der Waals surface area contributed by atoms with Crippen molar-refractivity contribution in [2.45, 2.75) is 25.4 Å². The fourth-order valence-corrected chi connectivity index (χ4v) is 4.27. The van der Waals surface area contributed by atoms with E-state index in [-0.39, 0.29) is 55.0 Å². The van der Waals surface area contributed by atoms with Crippen molar-refractivity contribution in [3.8, 4) is 23.4 Å². The molecule has 0 fully saturated rings. The average molecular weight is 581 g/mol. The Morgan fingerprint density at radius 3 is 2.63 bits per heavy atom. The van der Waals surface area contributed by atoms with Gasteiger partial charge in [0, 0.05) is 38.9 Å². The van der Waals surface area contributed by atoms with Crippen molar-refractivity contribution in [2.75, 3.05) is 33.4 Å². The normalized spacial score (nSPS) is 11.6. The molecule has 0 aliphatic rings. The van der Waals surface area contributed by atoms with E-state index < -0.39 is 39.6 Å². The van der Waals surface area contributed by atoms with Crippen molar-refractivity contribution in [3.05, 3.63) is 46.6 Å². The highest BCUT2D eigenvalue weighted by molar-refractivity contribution is 7.87. The number of aromatic nitrogens is 1. The van der Waals surface area contributed by atoms with Gasteiger partial charge in [0.2, 0.25) is 5.88 Å². The van der Waals surface area contributed by atoms with Crippen LogP contribution in [-0.4, -0.2) is 62.3 Å². The van der Waals surface area contributed by atoms with Crippen molar-refractivity contribution in [1.29, 1.82) is 5.26 Å². The second-order valence-corrected chi connectivity index (χ2v) is 9.57. The molecule has 2 rings (SSSR count).